The Morgan fingerprint density at radius 2 is 1.90 bits per heavy atom. The highest BCUT2D eigenvalue weighted by molar-refractivity contribution is 5.82. The minimum absolute atomic E-state index is 0.187. The smallest absolute Gasteiger partial charge is 0.182 e. The van der Waals surface area contributed by atoms with Gasteiger partial charge in [0.15, 0.2) is 6.29 Å². The van der Waals surface area contributed by atoms with Crippen LogP contribution in [-0.4, -0.2) is 11.3 Å². The molecule has 20 heavy (non-hydrogen) atoms. The molecule has 0 bridgehead atoms. The Hall–Kier alpha value is -2.11. The predicted octanol–water partition coefficient (Wildman–Crippen LogP) is 3.24. The molecule has 1 aliphatic heterocycles. The molecule has 0 amide bonds. The Morgan fingerprint density at radius 1 is 1.15 bits per heavy atom. The first-order chi connectivity index (χ1) is 9.63. The average Bonchev–Trinajstić information content (AvgIpc) is 2.80. The van der Waals surface area contributed by atoms with Gasteiger partial charge in [-0.3, -0.25) is 4.99 Å². The quantitative estimate of drug-likeness (QED) is 0.855. The zero-order valence-electron chi connectivity index (χ0n) is 10.4. The maximum Gasteiger partial charge on any atom is 0.182 e. The molecule has 1 unspecified atom stereocenters. The Morgan fingerprint density at radius 3 is 2.65 bits per heavy atom. The minimum atomic E-state index is -1.11. The van der Waals surface area contributed by atoms with E-state index in [9.17, 15) is 13.9 Å². The van der Waals surface area contributed by atoms with Gasteiger partial charge in [-0.2, -0.15) is 0 Å². The van der Waals surface area contributed by atoms with Crippen molar-refractivity contribution in [3.05, 3.63) is 64.7 Å². The third-order valence-electron chi connectivity index (χ3n) is 3.10. The van der Waals surface area contributed by atoms with E-state index in [2.05, 4.69) is 4.99 Å². The summed E-state index contributed by atoms with van der Waals surface area (Å²) in [4.78, 5) is 4.19. The molecule has 1 heterocycles. The van der Waals surface area contributed by atoms with Gasteiger partial charge in [-0.15, -0.1) is 0 Å². The summed E-state index contributed by atoms with van der Waals surface area (Å²) in [5.74, 6) is -0.815. The fourth-order valence-electron chi connectivity index (χ4n) is 2.08. The second kappa shape index (κ2) is 5.11. The number of rotatable bonds is 2. The summed E-state index contributed by atoms with van der Waals surface area (Å²) < 4.78 is 31.3. The number of hydrogen-bond donors (Lipinski definition) is 1. The molecule has 0 saturated heterocycles. The van der Waals surface area contributed by atoms with E-state index in [4.69, 9.17) is 4.74 Å². The second-order valence-electron chi connectivity index (χ2n) is 4.47. The van der Waals surface area contributed by atoms with E-state index in [1.807, 2.05) is 0 Å². The topological polar surface area (TPSA) is 41.8 Å². The lowest BCUT2D eigenvalue weighted by atomic mass is 10.1. The Balaban J connectivity index is 1.95. The van der Waals surface area contributed by atoms with Gasteiger partial charge in [0.1, 0.15) is 11.6 Å². The number of ether oxygens (including phenoxy) is 1. The van der Waals surface area contributed by atoms with E-state index in [0.29, 0.717) is 22.4 Å². The number of nitrogens with zero attached hydrogens (tertiary/aromatic N) is 1. The summed E-state index contributed by atoms with van der Waals surface area (Å²) in [7, 11) is 0. The van der Waals surface area contributed by atoms with Crippen LogP contribution in [0.25, 0.3) is 0 Å². The molecule has 2 aromatic carbocycles. The fourth-order valence-corrected chi connectivity index (χ4v) is 2.08. The van der Waals surface area contributed by atoms with E-state index in [1.165, 1.54) is 30.5 Å². The third kappa shape index (κ3) is 2.45. The van der Waals surface area contributed by atoms with Crippen molar-refractivity contribution in [3.63, 3.8) is 0 Å². The molecule has 2 aromatic rings. The fraction of sp³-hybridized carbons (Fsp3) is 0.133. The Bertz CT molecular complexity index is 668. The molecule has 0 fully saturated rings. The molecular weight excluding hydrogens is 264 g/mol. The van der Waals surface area contributed by atoms with E-state index >= 15 is 0 Å². The van der Waals surface area contributed by atoms with Crippen molar-refractivity contribution in [2.24, 2.45) is 4.99 Å². The zero-order chi connectivity index (χ0) is 14.1. The molecular formula is C15H11F2NO2. The SMILES string of the molecule is OC1OCc2c(/N=C/c3ccc(F)cc3)cc(F)cc21. The Kier molecular flexibility index (Phi) is 3.30. The number of aliphatic imine (C=N–C) groups is 1. The first-order valence-corrected chi connectivity index (χ1v) is 6.05. The molecule has 0 saturated carbocycles. The van der Waals surface area contributed by atoms with Gasteiger partial charge in [-0.25, -0.2) is 8.78 Å². The molecule has 0 aromatic heterocycles. The van der Waals surface area contributed by atoms with Crippen LogP contribution in [0.3, 0.4) is 0 Å². The van der Waals surface area contributed by atoms with Crippen LogP contribution in [0.1, 0.15) is 23.0 Å². The molecule has 1 atom stereocenters. The van der Waals surface area contributed by atoms with Crippen molar-refractivity contribution in [1.82, 2.24) is 0 Å². The Labute approximate surface area is 114 Å². The van der Waals surface area contributed by atoms with Crippen molar-refractivity contribution in [3.8, 4) is 0 Å². The average molecular weight is 275 g/mol. The molecule has 3 nitrogen and oxygen atoms in total. The van der Waals surface area contributed by atoms with Crippen LogP contribution in [-0.2, 0) is 11.3 Å². The van der Waals surface area contributed by atoms with Crippen molar-refractivity contribution in [2.45, 2.75) is 12.9 Å². The summed E-state index contributed by atoms with van der Waals surface area (Å²) in [6.07, 6.45) is 0.402. The highest BCUT2D eigenvalue weighted by Crippen LogP contribution is 2.35. The van der Waals surface area contributed by atoms with Crippen LogP contribution in [0.2, 0.25) is 0 Å². The lowest BCUT2D eigenvalue weighted by molar-refractivity contribution is -0.0919. The highest BCUT2D eigenvalue weighted by Gasteiger charge is 2.24. The number of aliphatic hydroxyl groups excluding tert-OH is 1. The zero-order valence-corrected chi connectivity index (χ0v) is 10.4. The number of benzene rings is 2. The first-order valence-electron chi connectivity index (χ1n) is 6.05. The van der Waals surface area contributed by atoms with Gasteiger partial charge < -0.3 is 9.84 Å². The maximum atomic E-state index is 13.5. The third-order valence-corrected chi connectivity index (χ3v) is 3.10. The van der Waals surface area contributed by atoms with Crippen LogP contribution in [0.4, 0.5) is 14.5 Å². The normalized spacial score (nSPS) is 17.6. The lowest BCUT2D eigenvalue weighted by Gasteiger charge is -2.04. The highest BCUT2D eigenvalue weighted by atomic mass is 19.1. The first kappa shape index (κ1) is 12.9. The van der Waals surface area contributed by atoms with Gasteiger partial charge >= 0.3 is 0 Å². The summed E-state index contributed by atoms with van der Waals surface area (Å²) >= 11 is 0. The van der Waals surface area contributed by atoms with E-state index in [1.54, 1.807) is 12.1 Å². The van der Waals surface area contributed by atoms with Crippen molar-refractivity contribution in [1.29, 1.82) is 0 Å². The summed E-state index contributed by atoms with van der Waals surface area (Å²) in [5.41, 5.74) is 2.17. The van der Waals surface area contributed by atoms with E-state index < -0.39 is 12.1 Å². The van der Waals surface area contributed by atoms with Crippen LogP contribution >= 0.6 is 0 Å². The van der Waals surface area contributed by atoms with Gasteiger partial charge in [0.25, 0.3) is 0 Å². The van der Waals surface area contributed by atoms with Crippen molar-refractivity contribution < 1.29 is 18.6 Å². The maximum absolute atomic E-state index is 13.5. The molecule has 0 aliphatic carbocycles. The van der Waals surface area contributed by atoms with Gasteiger partial charge in [0, 0.05) is 17.3 Å². The van der Waals surface area contributed by atoms with E-state index in [0.717, 1.165) is 0 Å². The monoisotopic (exact) mass is 275 g/mol. The summed E-state index contributed by atoms with van der Waals surface area (Å²) in [5, 5.41) is 9.56. The van der Waals surface area contributed by atoms with Gasteiger partial charge in [0.05, 0.1) is 12.3 Å². The molecule has 0 radical (unpaired) electrons. The van der Waals surface area contributed by atoms with Crippen LogP contribution in [0, 0.1) is 11.6 Å². The van der Waals surface area contributed by atoms with Gasteiger partial charge in [-0.1, -0.05) is 12.1 Å². The molecule has 102 valence electrons. The predicted molar refractivity (Wildman–Crippen MR) is 69.8 cm³/mol. The standard InChI is InChI=1S/C15H11F2NO2/c16-10-3-1-9(2-4-10)7-18-14-6-11(17)5-12-13(14)8-20-15(12)19/h1-7,15,19H,8H2/b18-7+. The number of hydrogen-bond acceptors (Lipinski definition) is 3. The molecule has 0 spiro atoms. The van der Waals surface area contributed by atoms with E-state index in [-0.39, 0.29) is 12.4 Å². The van der Waals surface area contributed by atoms with Crippen molar-refractivity contribution >= 4 is 11.9 Å². The lowest BCUT2D eigenvalue weighted by Crippen LogP contribution is -1.93. The number of fused-ring (bicyclic) bond motifs is 1. The summed E-state index contributed by atoms with van der Waals surface area (Å²) in [6.45, 7) is 0.187. The van der Waals surface area contributed by atoms with Crippen LogP contribution < -0.4 is 0 Å². The van der Waals surface area contributed by atoms with Crippen LogP contribution in [0.5, 0.6) is 0 Å². The molecule has 1 N–H and O–H groups in total. The molecule has 5 heteroatoms. The number of aliphatic hydroxyl groups is 1. The largest absolute Gasteiger partial charge is 0.364 e. The molecule has 3 rings (SSSR count). The van der Waals surface area contributed by atoms with Gasteiger partial charge in [-0.05, 0) is 29.8 Å². The second-order valence-corrected chi connectivity index (χ2v) is 4.47. The molecule has 1 aliphatic rings. The van der Waals surface area contributed by atoms with Crippen molar-refractivity contribution in [2.75, 3.05) is 0 Å². The van der Waals surface area contributed by atoms with Crippen LogP contribution in [0.15, 0.2) is 41.4 Å². The van der Waals surface area contributed by atoms with Gasteiger partial charge in [0.2, 0.25) is 0 Å². The minimum Gasteiger partial charge on any atom is -0.364 e. The number of halogens is 2. The summed E-state index contributed by atoms with van der Waals surface area (Å²) in [6, 6.07) is 8.31.